The Morgan fingerprint density at radius 2 is 2.20 bits per heavy atom. The zero-order chi connectivity index (χ0) is 13.5. The molecule has 104 valence electrons. The van der Waals surface area contributed by atoms with Crippen LogP contribution in [0.25, 0.3) is 5.00 Å². The fourth-order valence-corrected chi connectivity index (χ4v) is 3.99. The van der Waals surface area contributed by atoms with Crippen molar-refractivity contribution in [2.45, 2.75) is 44.6 Å². The van der Waals surface area contributed by atoms with Gasteiger partial charge in [0.2, 0.25) is 0 Å². The Morgan fingerprint density at radius 3 is 2.95 bits per heavy atom. The number of hydrogen-bond donors (Lipinski definition) is 1. The molecule has 0 radical (unpaired) electrons. The summed E-state index contributed by atoms with van der Waals surface area (Å²) < 4.78 is 1.62. The van der Waals surface area contributed by atoms with Gasteiger partial charge in [0.25, 0.3) is 5.91 Å². The van der Waals surface area contributed by atoms with E-state index >= 15 is 0 Å². The van der Waals surface area contributed by atoms with Crippen molar-refractivity contribution in [3.8, 4) is 5.00 Å². The van der Waals surface area contributed by atoms with Crippen LogP contribution in [-0.4, -0.2) is 32.2 Å². The van der Waals surface area contributed by atoms with E-state index in [4.69, 9.17) is 0 Å². The molecule has 1 amide bonds. The molecule has 6 nitrogen and oxygen atoms in total. The molecule has 7 heteroatoms. The van der Waals surface area contributed by atoms with Gasteiger partial charge in [-0.2, -0.15) is 4.68 Å². The van der Waals surface area contributed by atoms with Gasteiger partial charge in [-0.25, -0.2) is 0 Å². The molecule has 1 N–H and O–H groups in total. The molecule has 0 aliphatic heterocycles. The zero-order valence-corrected chi connectivity index (χ0v) is 11.8. The van der Waals surface area contributed by atoms with Gasteiger partial charge in [-0.3, -0.25) is 4.79 Å². The van der Waals surface area contributed by atoms with E-state index in [1.165, 1.54) is 16.9 Å². The molecule has 1 saturated carbocycles. The highest BCUT2D eigenvalue weighted by Crippen LogP contribution is 2.36. The lowest BCUT2D eigenvalue weighted by Gasteiger charge is -2.12. The summed E-state index contributed by atoms with van der Waals surface area (Å²) in [6.45, 7) is 0. The predicted molar refractivity (Wildman–Crippen MR) is 74.2 cm³/mol. The zero-order valence-electron chi connectivity index (χ0n) is 11.0. The molecule has 0 spiro atoms. The van der Waals surface area contributed by atoms with Crippen molar-refractivity contribution >= 4 is 17.2 Å². The Hall–Kier alpha value is -1.76. The Bertz CT molecular complexity index is 644. The van der Waals surface area contributed by atoms with Gasteiger partial charge in [0.1, 0.15) is 11.3 Å². The fourth-order valence-electron chi connectivity index (χ4n) is 2.69. The molecule has 0 atom stereocenters. The fraction of sp³-hybridized carbons (Fsp3) is 0.538. The number of thiophene rings is 1. The number of carbonyl (C=O) groups is 1. The van der Waals surface area contributed by atoms with Crippen molar-refractivity contribution in [2.75, 3.05) is 0 Å². The lowest BCUT2D eigenvalue weighted by Crippen LogP contribution is -2.27. The molecule has 0 saturated heterocycles. The molecule has 2 heterocycles. The van der Waals surface area contributed by atoms with Gasteiger partial charge in [-0.15, -0.1) is 16.4 Å². The average molecular weight is 289 g/mol. The smallest absolute Gasteiger partial charge is 0.254 e. The minimum atomic E-state index is 0.0393. The first-order valence-electron chi connectivity index (χ1n) is 7.01. The van der Waals surface area contributed by atoms with Crippen molar-refractivity contribution in [3.05, 3.63) is 22.3 Å². The lowest BCUT2D eigenvalue weighted by atomic mass is 9.95. The summed E-state index contributed by atoms with van der Waals surface area (Å²) in [5.41, 5.74) is 2.01. The van der Waals surface area contributed by atoms with Gasteiger partial charge < -0.3 is 5.32 Å². The van der Waals surface area contributed by atoms with E-state index in [9.17, 15) is 4.79 Å². The van der Waals surface area contributed by atoms with Crippen LogP contribution in [0.3, 0.4) is 0 Å². The number of fused-ring (bicyclic) bond motifs is 1. The second-order valence-corrected chi connectivity index (χ2v) is 6.48. The number of aromatic nitrogens is 4. The molecule has 20 heavy (non-hydrogen) atoms. The van der Waals surface area contributed by atoms with Crippen molar-refractivity contribution in [1.82, 2.24) is 25.5 Å². The third-order valence-electron chi connectivity index (χ3n) is 3.85. The highest BCUT2D eigenvalue weighted by molar-refractivity contribution is 7.15. The summed E-state index contributed by atoms with van der Waals surface area (Å²) in [6.07, 6.45) is 8.16. The summed E-state index contributed by atoms with van der Waals surface area (Å²) in [4.78, 5) is 13.9. The van der Waals surface area contributed by atoms with E-state index in [2.05, 4.69) is 20.8 Å². The number of aryl methyl sites for hydroxylation is 1. The Balaban J connectivity index is 1.80. The molecular weight excluding hydrogens is 274 g/mol. The van der Waals surface area contributed by atoms with Crippen LogP contribution in [0.2, 0.25) is 0 Å². The summed E-state index contributed by atoms with van der Waals surface area (Å²) in [7, 11) is 0. The van der Waals surface area contributed by atoms with Gasteiger partial charge in [-0.1, -0.05) is 0 Å². The van der Waals surface area contributed by atoms with Gasteiger partial charge in [0.15, 0.2) is 0 Å². The molecule has 2 aliphatic rings. The number of rotatable bonds is 3. The number of hydrogen-bond acceptors (Lipinski definition) is 5. The molecule has 2 aliphatic carbocycles. The quantitative estimate of drug-likeness (QED) is 0.929. The van der Waals surface area contributed by atoms with E-state index in [1.54, 1.807) is 22.3 Å². The molecule has 1 fully saturated rings. The molecule has 0 bridgehead atoms. The maximum Gasteiger partial charge on any atom is 0.254 e. The minimum Gasteiger partial charge on any atom is -0.349 e. The minimum absolute atomic E-state index is 0.0393. The highest BCUT2D eigenvalue weighted by atomic mass is 32.1. The SMILES string of the molecule is O=C(NC1CC1)c1c(-n2cnnn2)sc2c1CCCC2. The summed E-state index contributed by atoms with van der Waals surface area (Å²) in [6, 6.07) is 0.364. The van der Waals surface area contributed by atoms with E-state index in [1.807, 2.05) is 0 Å². The van der Waals surface area contributed by atoms with Crippen LogP contribution < -0.4 is 5.32 Å². The predicted octanol–water partition coefficient (Wildman–Crippen LogP) is 1.49. The summed E-state index contributed by atoms with van der Waals surface area (Å²) in [5.74, 6) is 0.0393. The number of nitrogens with zero attached hydrogens (tertiary/aromatic N) is 4. The standard InChI is InChI=1S/C13H15N5OS/c19-12(15-8-5-6-8)11-9-3-1-2-4-10(9)20-13(11)18-7-14-16-17-18/h7-8H,1-6H2,(H,15,19). The van der Waals surface area contributed by atoms with Crippen molar-refractivity contribution in [3.63, 3.8) is 0 Å². The van der Waals surface area contributed by atoms with Crippen LogP contribution in [0, 0.1) is 0 Å². The lowest BCUT2D eigenvalue weighted by molar-refractivity contribution is 0.0950. The van der Waals surface area contributed by atoms with E-state index in [-0.39, 0.29) is 5.91 Å². The first-order valence-corrected chi connectivity index (χ1v) is 7.83. The van der Waals surface area contributed by atoms with Crippen LogP contribution in [-0.2, 0) is 12.8 Å². The van der Waals surface area contributed by atoms with Crippen LogP contribution >= 0.6 is 11.3 Å². The van der Waals surface area contributed by atoms with Crippen LogP contribution in [0.1, 0.15) is 46.5 Å². The highest BCUT2D eigenvalue weighted by Gasteiger charge is 2.30. The van der Waals surface area contributed by atoms with Crippen molar-refractivity contribution < 1.29 is 4.79 Å². The van der Waals surface area contributed by atoms with Crippen LogP contribution in [0.4, 0.5) is 0 Å². The second-order valence-electron chi connectivity index (χ2n) is 5.39. The molecule has 2 aromatic rings. The monoisotopic (exact) mass is 289 g/mol. The Morgan fingerprint density at radius 1 is 1.35 bits per heavy atom. The summed E-state index contributed by atoms with van der Waals surface area (Å²) in [5, 5.41) is 15.3. The molecule has 0 unspecified atom stereocenters. The maximum absolute atomic E-state index is 12.6. The number of amides is 1. The third-order valence-corrected chi connectivity index (χ3v) is 5.13. The van der Waals surface area contributed by atoms with Crippen LogP contribution in [0.15, 0.2) is 6.33 Å². The van der Waals surface area contributed by atoms with Crippen molar-refractivity contribution in [1.29, 1.82) is 0 Å². The van der Waals surface area contributed by atoms with E-state index < -0.39 is 0 Å². The normalized spacial score (nSPS) is 17.8. The van der Waals surface area contributed by atoms with E-state index in [0.29, 0.717) is 6.04 Å². The third kappa shape index (κ3) is 2.02. The number of carbonyl (C=O) groups excluding carboxylic acids is 1. The molecule has 0 aromatic carbocycles. The Labute approximate surface area is 120 Å². The van der Waals surface area contributed by atoms with E-state index in [0.717, 1.165) is 42.7 Å². The molecule has 2 aromatic heterocycles. The Kier molecular flexibility index (Phi) is 2.80. The van der Waals surface area contributed by atoms with Crippen LogP contribution in [0.5, 0.6) is 0 Å². The largest absolute Gasteiger partial charge is 0.349 e. The number of nitrogens with one attached hydrogen (secondary N) is 1. The van der Waals surface area contributed by atoms with Gasteiger partial charge in [0, 0.05) is 10.9 Å². The first kappa shape index (κ1) is 12.0. The van der Waals surface area contributed by atoms with Crippen molar-refractivity contribution in [2.24, 2.45) is 0 Å². The summed E-state index contributed by atoms with van der Waals surface area (Å²) >= 11 is 1.66. The average Bonchev–Trinajstić information content (AvgIpc) is 2.99. The van der Waals surface area contributed by atoms with Gasteiger partial charge in [-0.05, 0) is 54.5 Å². The maximum atomic E-state index is 12.6. The second kappa shape index (κ2) is 4.66. The number of tetrazole rings is 1. The molecule has 4 rings (SSSR count). The van der Waals surface area contributed by atoms with Gasteiger partial charge in [0.05, 0.1) is 5.56 Å². The topological polar surface area (TPSA) is 72.7 Å². The first-order chi connectivity index (χ1) is 9.83. The molecular formula is C13H15N5OS. The van der Waals surface area contributed by atoms with Gasteiger partial charge >= 0.3 is 0 Å².